The maximum atomic E-state index is 12.4. The van der Waals surface area contributed by atoms with Gasteiger partial charge in [-0.1, -0.05) is 48.0 Å². The summed E-state index contributed by atoms with van der Waals surface area (Å²) in [4.78, 5) is 27.4. The molecule has 1 fully saturated rings. The number of imide groups is 1. The van der Waals surface area contributed by atoms with Gasteiger partial charge in [0.05, 0.1) is 6.54 Å². The summed E-state index contributed by atoms with van der Waals surface area (Å²) in [5.74, 6) is -0.163. The average Bonchev–Trinajstić information content (AvgIpc) is 2.77. The zero-order valence-corrected chi connectivity index (χ0v) is 11.8. The maximum Gasteiger partial charge on any atom is 0.332 e. The molecule has 1 saturated heterocycles. The van der Waals surface area contributed by atoms with E-state index in [9.17, 15) is 9.59 Å². The van der Waals surface area contributed by atoms with Crippen LogP contribution in [0, 0.1) is 6.92 Å². The van der Waals surface area contributed by atoms with Crippen molar-refractivity contribution in [1.29, 1.82) is 0 Å². The van der Waals surface area contributed by atoms with Crippen LogP contribution in [0.1, 0.15) is 11.1 Å². The number of benzene rings is 2. The number of hydrogen-bond acceptors (Lipinski definition) is 2. The lowest BCUT2D eigenvalue weighted by Gasteiger charge is -2.17. The van der Waals surface area contributed by atoms with Crippen LogP contribution in [0.5, 0.6) is 0 Å². The Labute approximate surface area is 123 Å². The summed E-state index contributed by atoms with van der Waals surface area (Å²) in [6.45, 7) is 2.41. The molecule has 3 amide bonds. The number of nitrogens with zero attached hydrogens (tertiary/aromatic N) is 2. The quantitative estimate of drug-likeness (QED) is 0.811. The molecule has 21 heavy (non-hydrogen) atoms. The fourth-order valence-electron chi connectivity index (χ4n) is 2.39. The van der Waals surface area contributed by atoms with Crippen molar-refractivity contribution in [2.75, 3.05) is 11.4 Å². The van der Waals surface area contributed by atoms with E-state index in [0.29, 0.717) is 6.54 Å². The maximum absolute atomic E-state index is 12.4. The summed E-state index contributed by atoms with van der Waals surface area (Å²) in [5.41, 5.74) is 2.83. The van der Waals surface area contributed by atoms with Gasteiger partial charge in [0.2, 0.25) is 0 Å². The summed E-state index contributed by atoms with van der Waals surface area (Å²) >= 11 is 0. The summed E-state index contributed by atoms with van der Waals surface area (Å²) < 4.78 is 0. The molecule has 0 saturated carbocycles. The van der Waals surface area contributed by atoms with Gasteiger partial charge in [-0.15, -0.1) is 0 Å². The van der Waals surface area contributed by atoms with Gasteiger partial charge >= 0.3 is 6.03 Å². The summed E-state index contributed by atoms with van der Waals surface area (Å²) in [6, 6.07) is 16.9. The molecule has 0 bridgehead atoms. The second-order valence-corrected chi connectivity index (χ2v) is 5.17. The van der Waals surface area contributed by atoms with Crippen LogP contribution in [0.2, 0.25) is 0 Å². The van der Waals surface area contributed by atoms with E-state index in [4.69, 9.17) is 0 Å². The van der Waals surface area contributed by atoms with E-state index < -0.39 is 0 Å². The predicted molar refractivity (Wildman–Crippen MR) is 80.9 cm³/mol. The summed E-state index contributed by atoms with van der Waals surface area (Å²) in [6.07, 6.45) is 0. The lowest BCUT2D eigenvalue weighted by Crippen LogP contribution is -2.32. The molecule has 0 aliphatic carbocycles. The van der Waals surface area contributed by atoms with Crippen molar-refractivity contribution in [3.63, 3.8) is 0 Å². The normalized spacial score (nSPS) is 14.9. The molecule has 2 aromatic carbocycles. The Morgan fingerprint density at radius 1 is 0.952 bits per heavy atom. The second kappa shape index (κ2) is 5.40. The van der Waals surface area contributed by atoms with Gasteiger partial charge in [-0.25, -0.2) is 4.79 Å². The zero-order chi connectivity index (χ0) is 14.8. The lowest BCUT2D eigenvalue weighted by molar-refractivity contribution is -0.125. The largest absolute Gasteiger partial charge is 0.332 e. The van der Waals surface area contributed by atoms with E-state index >= 15 is 0 Å². The first-order chi connectivity index (χ1) is 10.1. The first-order valence-electron chi connectivity index (χ1n) is 6.87. The molecule has 106 valence electrons. The van der Waals surface area contributed by atoms with Crippen molar-refractivity contribution in [2.24, 2.45) is 0 Å². The van der Waals surface area contributed by atoms with E-state index in [2.05, 4.69) is 0 Å². The number of aryl methyl sites for hydroxylation is 1. The fourth-order valence-corrected chi connectivity index (χ4v) is 2.39. The minimum atomic E-state index is -0.257. The Hall–Kier alpha value is -2.62. The van der Waals surface area contributed by atoms with Crippen molar-refractivity contribution in [2.45, 2.75) is 13.5 Å². The molecule has 0 spiro atoms. The van der Waals surface area contributed by atoms with Gasteiger partial charge in [0.1, 0.15) is 6.54 Å². The smallest absolute Gasteiger partial charge is 0.285 e. The first-order valence-corrected chi connectivity index (χ1v) is 6.87. The molecule has 4 nitrogen and oxygen atoms in total. The van der Waals surface area contributed by atoms with Gasteiger partial charge in [-0.3, -0.25) is 14.6 Å². The molecular formula is C17H16N2O2. The molecular weight excluding hydrogens is 264 g/mol. The Kier molecular flexibility index (Phi) is 3.44. The monoisotopic (exact) mass is 280 g/mol. The highest BCUT2D eigenvalue weighted by Crippen LogP contribution is 2.22. The number of carbonyl (C=O) groups is 2. The third kappa shape index (κ3) is 2.65. The van der Waals surface area contributed by atoms with Crippen molar-refractivity contribution < 1.29 is 9.59 Å². The molecule has 1 aliphatic heterocycles. The number of amides is 3. The zero-order valence-electron chi connectivity index (χ0n) is 11.8. The Balaban J connectivity index is 1.80. The molecule has 0 atom stereocenters. The van der Waals surface area contributed by atoms with Crippen LogP contribution in [0.3, 0.4) is 0 Å². The standard InChI is InChI=1S/C17H16N2O2/c1-13-7-9-15(10-8-13)18-12-16(20)19(17(18)21)11-14-5-3-2-4-6-14/h2-10H,11-12H2,1H3. The van der Waals surface area contributed by atoms with Crippen LogP contribution in [0.25, 0.3) is 0 Å². The third-order valence-corrected chi connectivity index (χ3v) is 3.59. The second-order valence-electron chi connectivity index (χ2n) is 5.17. The van der Waals surface area contributed by atoms with Crippen LogP contribution in [0.4, 0.5) is 10.5 Å². The number of anilines is 1. The molecule has 0 N–H and O–H groups in total. The van der Waals surface area contributed by atoms with Crippen molar-refractivity contribution in [1.82, 2.24) is 4.90 Å². The van der Waals surface area contributed by atoms with Gasteiger partial charge in [0.25, 0.3) is 5.91 Å². The average molecular weight is 280 g/mol. The van der Waals surface area contributed by atoms with E-state index in [0.717, 1.165) is 16.8 Å². The number of rotatable bonds is 3. The van der Waals surface area contributed by atoms with Gasteiger partial charge in [-0.05, 0) is 24.6 Å². The molecule has 1 heterocycles. The lowest BCUT2D eigenvalue weighted by atomic mass is 10.2. The van der Waals surface area contributed by atoms with Crippen molar-refractivity contribution in [3.05, 3.63) is 65.7 Å². The molecule has 0 unspecified atom stereocenters. The molecule has 1 aliphatic rings. The van der Waals surface area contributed by atoms with Crippen molar-refractivity contribution in [3.8, 4) is 0 Å². The van der Waals surface area contributed by atoms with Gasteiger partial charge < -0.3 is 0 Å². The minimum absolute atomic E-state index is 0.106. The molecule has 3 rings (SSSR count). The van der Waals surface area contributed by atoms with Gasteiger partial charge in [0, 0.05) is 5.69 Å². The Bertz CT molecular complexity index is 665. The number of hydrogen-bond donors (Lipinski definition) is 0. The molecule has 0 radical (unpaired) electrons. The first kappa shape index (κ1) is 13.4. The summed E-state index contributed by atoms with van der Waals surface area (Å²) in [7, 11) is 0. The Morgan fingerprint density at radius 2 is 1.62 bits per heavy atom. The highest BCUT2D eigenvalue weighted by atomic mass is 16.2. The predicted octanol–water partition coefficient (Wildman–Crippen LogP) is 2.96. The van der Waals surface area contributed by atoms with E-state index in [1.165, 1.54) is 9.80 Å². The highest BCUT2D eigenvalue weighted by molar-refractivity contribution is 6.12. The number of carbonyl (C=O) groups excluding carboxylic acids is 2. The SMILES string of the molecule is Cc1ccc(N2CC(=O)N(Cc3ccccc3)C2=O)cc1. The van der Waals surface area contributed by atoms with Crippen LogP contribution >= 0.6 is 0 Å². The number of urea groups is 1. The third-order valence-electron chi connectivity index (χ3n) is 3.59. The van der Waals surface area contributed by atoms with Crippen LogP contribution in [-0.4, -0.2) is 23.4 Å². The molecule has 2 aromatic rings. The van der Waals surface area contributed by atoms with Crippen molar-refractivity contribution >= 4 is 17.6 Å². The highest BCUT2D eigenvalue weighted by Gasteiger charge is 2.36. The van der Waals surface area contributed by atoms with Crippen LogP contribution < -0.4 is 4.90 Å². The van der Waals surface area contributed by atoms with Gasteiger partial charge in [0.15, 0.2) is 0 Å². The van der Waals surface area contributed by atoms with E-state index in [1.807, 2.05) is 61.5 Å². The summed E-state index contributed by atoms with van der Waals surface area (Å²) in [5, 5.41) is 0. The molecule has 0 aromatic heterocycles. The van der Waals surface area contributed by atoms with Gasteiger partial charge in [-0.2, -0.15) is 0 Å². The molecule has 4 heteroatoms. The van der Waals surface area contributed by atoms with Crippen LogP contribution in [0.15, 0.2) is 54.6 Å². The Morgan fingerprint density at radius 3 is 2.29 bits per heavy atom. The topological polar surface area (TPSA) is 40.6 Å². The fraction of sp³-hybridized carbons (Fsp3) is 0.176. The minimum Gasteiger partial charge on any atom is -0.285 e. The van der Waals surface area contributed by atoms with E-state index in [1.54, 1.807) is 0 Å². The van der Waals surface area contributed by atoms with E-state index in [-0.39, 0.29) is 18.5 Å². The van der Waals surface area contributed by atoms with Crippen LogP contribution in [-0.2, 0) is 11.3 Å².